The molecule has 1 aromatic heterocycles. The molecule has 1 aromatic carbocycles. The van der Waals surface area contributed by atoms with Crippen molar-refractivity contribution < 1.29 is 4.79 Å². The quantitative estimate of drug-likeness (QED) is 0.668. The lowest BCUT2D eigenvalue weighted by atomic mass is 10.2. The van der Waals surface area contributed by atoms with Crippen LogP contribution in [0.1, 0.15) is 32.9 Å². The maximum absolute atomic E-state index is 12.2. The van der Waals surface area contributed by atoms with Crippen LogP contribution in [0.2, 0.25) is 0 Å². The summed E-state index contributed by atoms with van der Waals surface area (Å²) in [7, 11) is 0. The minimum absolute atomic E-state index is 0.188. The topological polar surface area (TPSA) is 32.9 Å². The Bertz CT molecular complexity index is 613. The van der Waals surface area contributed by atoms with Crippen molar-refractivity contribution in [1.29, 1.82) is 0 Å². The second-order valence-corrected chi connectivity index (χ2v) is 5.99. The molecule has 19 heavy (non-hydrogen) atoms. The van der Waals surface area contributed by atoms with Crippen LogP contribution in [-0.4, -0.2) is 16.5 Å². The van der Waals surface area contributed by atoms with Crippen LogP contribution in [0.4, 0.5) is 0 Å². The average molecular weight is 273 g/mol. The Morgan fingerprint density at radius 2 is 1.89 bits per heavy atom. The zero-order chi connectivity index (χ0) is 14.0. The lowest BCUT2D eigenvalue weighted by Gasteiger charge is -2.06. The lowest BCUT2D eigenvalue weighted by molar-refractivity contribution is 0.102. The molecule has 100 valence electrons. The van der Waals surface area contributed by atoms with E-state index < -0.39 is 0 Å². The summed E-state index contributed by atoms with van der Waals surface area (Å²) >= 11 is 1.62. The first-order chi connectivity index (χ1) is 8.97. The Kier molecular flexibility index (Phi) is 4.15. The standard InChI is InChI=1S/C16H19NOS/c1-10-5-6-11(2)16(7-10)19-9-15(18)14-8-12(3)17-13(14)4/h5-8,17H,9H2,1-4H3. The number of ketones is 1. The van der Waals surface area contributed by atoms with Gasteiger partial charge in [0.15, 0.2) is 5.78 Å². The zero-order valence-electron chi connectivity index (χ0n) is 11.8. The van der Waals surface area contributed by atoms with Crippen molar-refractivity contribution >= 4 is 17.5 Å². The van der Waals surface area contributed by atoms with Crippen molar-refractivity contribution in [3.05, 3.63) is 52.3 Å². The molecular weight excluding hydrogens is 254 g/mol. The highest BCUT2D eigenvalue weighted by Crippen LogP contribution is 2.25. The maximum atomic E-state index is 12.2. The van der Waals surface area contributed by atoms with E-state index in [4.69, 9.17) is 0 Å². The van der Waals surface area contributed by atoms with E-state index in [1.54, 1.807) is 11.8 Å². The molecule has 0 saturated heterocycles. The number of benzene rings is 1. The van der Waals surface area contributed by atoms with Gasteiger partial charge in [0.25, 0.3) is 0 Å². The minimum Gasteiger partial charge on any atom is -0.362 e. The molecule has 2 rings (SSSR count). The number of aromatic nitrogens is 1. The number of rotatable bonds is 4. The molecule has 2 nitrogen and oxygen atoms in total. The van der Waals surface area contributed by atoms with Crippen LogP contribution < -0.4 is 0 Å². The second-order valence-electron chi connectivity index (χ2n) is 4.97. The van der Waals surface area contributed by atoms with Crippen LogP contribution in [0.5, 0.6) is 0 Å². The monoisotopic (exact) mass is 273 g/mol. The fourth-order valence-electron chi connectivity index (χ4n) is 2.10. The Hall–Kier alpha value is -1.48. The highest BCUT2D eigenvalue weighted by Gasteiger charge is 2.12. The SMILES string of the molecule is Cc1ccc(C)c(SCC(=O)c2cc(C)[nH]c2C)c1. The molecule has 0 saturated carbocycles. The van der Waals surface area contributed by atoms with E-state index in [1.165, 1.54) is 16.0 Å². The van der Waals surface area contributed by atoms with Gasteiger partial charge in [0.2, 0.25) is 0 Å². The third-order valence-electron chi connectivity index (χ3n) is 3.15. The van der Waals surface area contributed by atoms with Gasteiger partial charge in [-0.15, -0.1) is 11.8 Å². The summed E-state index contributed by atoms with van der Waals surface area (Å²) in [6.45, 7) is 8.08. The van der Waals surface area contributed by atoms with Crippen molar-refractivity contribution in [2.75, 3.05) is 5.75 Å². The van der Waals surface area contributed by atoms with Crippen LogP contribution in [0.3, 0.4) is 0 Å². The first kappa shape index (κ1) is 13.9. The molecule has 0 bridgehead atoms. The summed E-state index contributed by atoms with van der Waals surface area (Å²) in [6, 6.07) is 8.28. The molecular formula is C16H19NOS. The molecule has 1 heterocycles. The Morgan fingerprint density at radius 3 is 2.53 bits per heavy atom. The van der Waals surface area contributed by atoms with Gasteiger partial charge in [0.1, 0.15) is 0 Å². The first-order valence-corrected chi connectivity index (χ1v) is 7.35. The molecule has 0 amide bonds. The fourth-order valence-corrected chi connectivity index (χ4v) is 3.10. The summed E-state index contributed by atoms with van der Waals surface area (Å²) in [5, 5.41) is 0. The van der Waals surface area contributed by atoms with E-state index in [9.17, 15) is 4.79 Å². The van der Waals surface area contributed by atoms with Crippen molar-refractivity contribution in [2.45, 2.75) is 32.6 Å². The highest BCUT2D eigenvalue weighted by atomic mass is 32.2. The predicted octanol–water partition coefficient (Wildman–Crippen LogP) is 4.22. The number of hydrogen-bond acceptors (Lipinski definition) is 2. The number of aryl methyl sites for hydroxylation is 4. The minimum atomic E-state index is 0.188. The van der Waals surface area contributed by atoms with Crippen LogP contribution in [0.25, 0.3) is 0 Å². The van der Waals surface area contributed by atoms with Crippen molar-refractivity contribution in [3.8, 4) is 0 Å². The number of Topliss-reactive ketones (excluding diaryl/α,β-unsaturated/α-hetero) is 1. The fraction of sp³-hybridized carbons (Fsp3) is 0.312. The maximum Gasteiger partial charge on any atom is 0.174 e. The van der Waals surface area contributed by atoms with E-state index in [1.807, 2.05) is 19.9 Å². The van der Waals surface area contributed by atoms with Crippen molar-refractivity contribution in [2.24, 2.45) is 0 Å². The van der Waals surface area contributed by atoms with Gasteiger partial charge in [-0.1, -0.05) is 17.7 Å². The van der Waals surface area contributed by atoms with E-state index in [0.29, 0.717) is 5.75 Å². The molecule has 1 N–H and O–H groups in total. The number of H-pyrrole nitrogens is 1. The van der Waals surface area contributed by atoms with Crippen LogP contribution in [-0.2, 0) is 0 Å². The summed E-state index contributed by atoms with van der Waals surface area (Å²) in [5.41, 5.74) is 5.27. The van der Waals surface area contributed by atoms with Gasteiger partial charge < -0.3 is 4.98 Å². The largest absolute Gasteiger partial charge is 0.362 e. The number of nitrogens with one attached hydrogen (secondary N) is 1. The first-order valence-electron chi connectivity index (χ1n) is 6.37. The summed E-state index contributed by atoms with van der Waals surface area (Å²) < 4.78 is 0. The molecule has 0 radical (unpaired) electrons. The normalized spacial score (nSPS) is 10.7. The Labute approximate surface area is 118 Å². The summed E-state index contributed by atoms with van der Waals surface area (Å²) in [6.07, 6.45) is 0. The van der Waals surface area contributed by atoms with Gasteiger partial charge in [-0.3, -0.25) is 4.79 Å². The van der Waals surface area contributed by atoms with E-state index in [0.717, 1.165) is 17.0 Å². The molecule has 2 aromatic rings. The van der Waals surface area contributed by atoms with Crippen LogP contribution in [0.15, 0.2) is 29.2 Å². The number of carbonyl (C=O) groups excluding carboxylic acids is 1. The smallest absolute Gasteiger partial charge is 0.174 e. The third-order valence-corrected chi connectivity index (χ3v) is 4.31. The van der Waals surface area contributed by atoms with Crippen molar-refractivity contribution in [3.63, 3.8) is 0 Å². The van der Waals surface area contributed by atoms with Gasteiger partial charge in [-0.05, 0) is 45.4 Å². The Morgan fingerprint density at radius 1 is 1.16 bits per heavy atom. The number of hydrogen-bond donors (Lipinski definition) is 1. The van der Waals surface area contributed by atoms with Gasteiger partial charge in [0, 0.05) is 21.8 Å². The van der Waals surface area contributed by atoms with Crippen molar-refractivity contribution in [1.82, 2.24) is 4.98 Å². The van der Waals surface area contributed by atoms with E-state index in [2.05, 4.69) is 37.0 Å². The molecule has 0 unspecified atom stereocenters. The molecule has 0 spiro atoms. The molecule has 3 heteroatoms. The van der Waals surface area contributed by atoms with Gasteiger partial charge in [-0.2, -0.15) is 0 Å². The third kappa shape index (κ3) is 3.29. The van der Waals surface area contributed by atoms with Gasteiger partial charge in [-0.25, -0.2) is 0 Å². The molecule has 0 fully saturated rings. The zero-order valence-corrected chi connectivity index (χ0v) is 12.6. The molecule has 0 aliphatic rings. The Balaban J connectivity index is 2.08. The molecule has 0 atom stereocenters. The number of aromatic amines is 1. The summed E-state index contributed by atoms with van der Waals surface area (Å²) in [4.78, 5) is 16.6. The summed E-state index contributed by atoms with van der Waals surface area (Å²) in [5.74, 6) is 0.676. The highest BCUT2D eigenvalue weighted by molar-refractivity contribution is 8.00. The van der Waals surface area contributed by atoms with Gasteiger partial charge in [0.05, 0.1) is 5.75 Å². The van der Waals surface area contributed by atoms with E-state index >= 15 is 0 Å². The number of carbonyl (C=O) groups is 1. The second kappa shape index (κ2) is 5.66. The van der Waals surface area contributed by atoms with Gasteiger partial charge >= 0.3 is 0 Å². The van der Waals surface area contributed by atoms with Crippen LogP contribution >= 0.6 is 11.8 Å². The molecule has 0 aliphatic heterocycles. The number of thioether (sulfide) groups is 1. The predicted molar refractivity (Wildman–Crippen MR) is 81.2 cm³/mol. The average Bonchev–Trinajstić information content (AvgIpc) is 2.69. The van der Waals surface area contributed by atoms with Crippen LogP contribution in [0, 0.1) is 27.7 Å². The lowest BCUT2D eigenvalue weighted by Crippen LogP contribution is -2.03. The van der Waals surface area contributed by atoms with E-state index in [-0.39, 0.29) is 5.78 Å². The molecule has 0 aliphatic carbocycles.